The van der Waals surface area contributed by atoms with E-state index in [1.54, 1.807) is 18.3 Å². The minimum absolute atomic E-state index is 0.130. The average molecular weight is 358 g/mol. The zero-order chi connectivity index (χ0) is 18.4. The molecule has 1 atom stereocenters. The summed E-state index contributed by atoms with van der Waals surface area (Å²) in [5.74, 6) is 0.729. The average Bonchev–Trinajstić information content (AvgIpc) is 2.69. The molecule has 0 bridgehead atoms. The number of nitrogens with one attached hydrogen (secondary N) is 1. The molecule has 1 aromatic heterocycles. The zero-order valence-electron chi connectivity index (χ0n) is 14.9. The van der Waals surface area contributed by atoms with Gasteiger partial charge in [-0.25, -0.2) is 4.98 Å². The fourth-order valence-corrected chi connectivity index (χ4v) is 3.74. The first kappa shape index (κ1) is 18.6. The van der Waals surface area contributed by atoms with Crippen molar-refractivity contribution in [1.82, 2.24) is 9.88 Å². The molecule has 2 saturated heterocycles. The monoisotopic (exact) mass is 358 g/mol. The van der Waals surface area contributed by atoms with Crippen LogP contribution >= 0.6 is 0 Å². The second kappa shape index (κ2) is 8.97. The molecule has 0 radical (unpaired) electrons. The molecule has 26 heavy (non-hydrogen) atoms. The lowest BCUT2D eigenvalue weighted by molar-refractivity contribution is -0.140. The number of aromatic nitrogens is 1. The molecule has 2 N–H and O–H groups in total. The van der Waals surface area contributed by atoms with Gasteiger partial charge < -0.3 is 20.1 Å². The highest BCUT2D eigenvalue weighted by Gasteiger charge is 2.34. The molecule has 0 spiro atoms. The molecule has 2 fully saturated rings. The van der Waals surface area contributed by atoms with E-state index in [2.05, 4.69) is 16.4 Å². The Balaban J connectivity index is 1.70. The third-order valence-corrected chi connectivity index (χ3v) is 5.35. The van der Waals surface area contributed by atoms with Gasteiger partial charge >= 0.3 is 0 Å². The molecule has 0 aliphatic carbocycles. The number of aliphatic hydroxyl groups excluding tert-OH is 1. The number of nitrogens with zero attached hydrogens (tertiary/aromatic N) is 3. The predicted molar refractivity (Wildman–Crippen MR) is 96.3 cm³/mol. The van der Waals surface area contributed by atoms with Gasteiger partial charge in [-0.15, -0.1) is 0 Å². The molecule has 1 unspecified atom stereocenters. The Morgan fingerprint density at radius 3 is 2.81 bits per heavy atom. The van der Waals surface area contributed by atoms with Crippen molar-refractivity contribution in [1.29, 1.82) is 5.26 Å². The summed E-state index contributed by atoms with van der Waals surface area (Å²) in [6.45, 7) is 3.02. The van der Waals surface area contributed by atoms with Gasteiger partial charge in [0, 0.05) is 39.0 Å². The third kappa shape index (κ3) is 4.51. The summed E-state index contributed by atoms with van der Waals surface area (Å²) in [4.78, 5) is 19.3. The van der Waals surface area contributed by atoms with Crippen LogP contribution in [0.25, 0.3) is 0 Å². The molecule has 3 rings (SSSR count). The number of hydrogen-bond acceptors (Lipinski definition) is 6. The van der Waals surface area contributed by atoms with E-state index in [-0.39, 0.29) is 23.8 Å². The molecular weight excluding hydrogens is 332 g/mol. The maximum atomic E-state index is 13.2. The molecule has 0 saturated carbocycles. The first-order valence-corrected chi connectivity index (χ1v) is 9.32. The summed E-state index contributed by atoms with van der Waals surface area (Å²) in [6, 6.07) is 5.57. The van der Waals surface area contributed by atoms with E-state index in [0.717, 1.165) is 12.8 Å². The molecule has 1 aromatic rings. The number of likely N-dealkylation sites (tertiary alicyclic amines) is 1. The van der Waals surface area contributed by atoms with E-state index < -0.39 is 0 Å². The number of ether oxygens (including phenoxy) is 1. The van der Waals surface area contributed by atoms with E-state index >= 15 is 0 Å². The van der Waals surface area contributed by atoms with Crippen molar-refractivity contribution < 1.29 is 14.6 Å². The highest BCUT2D eigenvalue weighted by atomic mass is 16.5. The van der Waals surface area contributed by atoms with Crippen molar-refractivity contribution in [2.75, 3.05) is 38.2 Å². The molecule has 140 valence electrons. The van der Waals surface area contributed by atoms with Crippen molar-refractivity contribution in [2.24, 2.45) is 11.8 Å². The van der Waals surface area contributed by atoms with Crippen LogP contribution in [0.3, 0.4) is 0 Å². The molecule has 2 aliphatic rings. The largest absolute Gasteiger partial charge is 0.393 e. The van der Waals surface area contributed by atoms with Gasteiger partial charge in [0.2, 0.25) is 5.91 Å². The van der Waals surface area contributed by atoms with Crippen molar-refractivity contribution in [3.05, 3.63) is 23.9 Å². The summed E-state index contributed by atoms with van der Waals surface area (Å²) in [6.07, 6.45) is 4.34. The number of nitriles is 1. The van der Waals surface area contributed by atoms with Crippen LogP contribution in [-0.4, -0.2) is 59.8 Å². The number of anilines is 1. The first-order valence-electron chi connectivity index (χ1n) is 9.32. The second-order valence-electron chi connectivity index (χ2n) is 7.01. The third-order valence-electron chi connectivity index (χ3n) is 5.35. The lowest BCUT2D eigenvalue weighted by Crippen LogP contribution is -2.47. The molecule has 7 heteroatoms. The number of carbonyl (C=O) groups is 1. The van der Waals surface area contributed by atoms with Crippen LogP contribution in [-0.2, 0) is 9.53 Å². The van der Waals surface area contributed by atoms with E-state index in [1.165, 1.54) is 0 Å². The van der Waals surface area contributed by atoms with Crippen molar-refractivity contribution >= 4 is 11.7 Å². The summed E-state index contributed by atoms with van der Waals surface area (Å²) in [5.41, 5.74) is 0.478. The Labute approximate surface area is 154 Å². The Kier molecular flexibility index (Phi) is 6.42. The van der Waals surface area contributed by atoms with Gasteiger partial charge in [0.25, 0.3) is 0 Å². The van der Waals surface area contributed by atoms with Gasteiger partial charge in [-0.05, 0) is 43.7 Å². The number of rotatable bonds is 5. The van der Waals surface area contributed by atoms with Crippen molar-refractivity contribution in [3.63, 3.8) is 0 Å². The molecule has 7 nitrogen and oxygen atoms in total. The molecular formula is C19H26N4O3. The highest BCUT2D eigenvalue weighted by molar-refractivity contribution is 5.80. The summed E-state index contributed by atoms with van der Waals surface area (Å²) in [7, 11) is 0. The second-order valence-corrected chi connectivity index (χ2v) is 7.01. The van der Waals surface area contributed by atoms with Crippen LogP contribution in [0.2, 0.25) is 0 Å². The molecule has 2 aliphatic heterocycles. The van der Waals surface area contributed by atoms with E-state index in [1.807, 2.05) is 4.90 Å². The predicted octanol–water partition coefficient (Wildman–Crippen LogP) is 1.39. The van der Waals surface area contributed by atoms with Crippen LogP contribution in [0, 0.1) is 23.2 Å². The molecule has 3 heterocycles. The fourth-order valence-electron chi connectivity index (χ4n) is 3.74. The Bertz CT molecular complexity index is 646. The first-order chi connectivity index (χ1) is 12.7. The minimum atomic E-state index is -0.301. The number of pyridine rings is 1. The Morgan fingerprint density at radius 2 is 2.12 bits per heavy atom. The van der Waals surface area contributed by atoms with E-state index in [0.29, 0.717) is 57.1 Å². The number of amides is 1. The van der Waals surface area contributed by atoms with Gasteiger partial charge in [0.05, 0.1) is 17.6 Å². The minimum Gasteiger partial charge on any atom is -0.393 e. The smallest absolute Gasteiger partial charge is 0.227 e. The zero-order valence-corrected chi connectivity index (χ0v) is 14.9. The van der Waals surface area contributed by atoms with Crippen LogP contribution in [0.1, 0.15) is 31.2 Å². The van der Waals surface area contributed by atoms with Crippen molar-refractivity contribution in [2.45, 2.75) is 31.8 Å². The van der Waals surface area contributed by atoms with Crippen LogP contribution in [0.15, 0.2) is 18.3 Å². The topological polar surface area (TPSA) is 98.5 Å². The van der Waals surface area contributed by atoms with Crippen molar-refractivity contribution in [3.8, 4) is 6.07 Å². The Morgan fingerprint density at radius 1 is 1.38 bits per heavy atom. The lowest BCUT2D eigenvalue weighted by atomic mass is 9.84. The fraction of sp³-hybridized carbons (Fsp3) is 0.632. The number of hydrogen-bond donors (Lipinski definition) is 2. The van der Waals surface area contributed by atoms with Crippen LogP contribution in [0.5, 0.6) is 0 Å². The molecule has 1 amide bonds. The van der Waals surface area contributed by atoms with E-state index in [9.17, 15) is 15.2 Å². The number of carbonyl (C=O) groups excluding carboxylic acids is 1. The number of piperidine rings is 1. The SMILES string of the molecule is N#Cc1cccnc1NCC(C(=O)N1CCC(O)CC1)C1CCOCC1. The van der Waals surface area contributed by atoms with Crippen LogP contribution < -0.4 is 5.32 Å². The summed E-state index contributed by atoms with van der Waals surface area (Å²) >= 11 is 0. The van der Waals surface area contributed by atoms with Gasteiger partial charge in [0.1, 0.15) is 11.9 Å². The Hall–Kier alpha value is -2.17. The highest BCUT2D eigenvalue weighted by Crippen LogP contribution is 2.27. The van der Waals surface area contributed by atoms with Gasteiger partial charge in [0.15, 0.2) is 0 Å². The number of aliphatic hydroxyl groups is 1. The van der Waals surface area contributed by atoms with E-state index in [4.69, 9.17) is 4.74 Å². The molecule has 0 aromatic carbocycles. The standard InChI is InChI=1S/C19H26N4O3/c20-12-15-2-1-7-21-18(15)22-13-17(14-5-10-26-11-6-14)19(25)23-8-3-16(24)4-9-23/h1-2,7,14,16-17,24H,3-6,8-11,13H2,(H,21,22). The van der Waals surface area contributed by atoms with Gasteiger partial charge in [-0.1, -0.05) is 0 Å². The van der Waals surface area contributed by atoms with Crippen LogP contribution in [0.4, 0.5) is 5.82 Å². The summed E-state index contributed by atoms with van der Waals surface area (Å²) in [5, 5.41) is 22.1. The maximum absolute atomic E-state index is 13.2. The quantitative estimate of drug-likeness (QED) is 0.825. The maximum Gasteiger partial charge on any atom is 0.227 e. The van der Waals surface area contributed by atoms with Gasteiger partial charge in [-0.2, -0.15) is 5.26 Å². The summed E-state index contributed by atoms with van der Waals surface area (Å²) < 4.78 is 5.45. The van der Waals surface area contributed by atoms with Gasteiger partial charge in [-0.3, -0.25) is 4.79 Å². The lowest BCUT2D eigenvalue weighted by Gasteiger charge is -2.36. The normalized spacial score (nSPS) is 20.4.